The Morgan fingerprint density at radius 2 is 0.926 bits per heavy atom. The summed E-state index contributed by atoms with van der Waals surface area (Å²) in [6.07, 6.45) is 0. The van der Waals surface area contributed by atoms with Crippen molar-refractivity contribution in [3.63, 3.8) is 0 Å². The van der Waals surface area contributed by atoms with Crippen molar-refractivity contribution < 1.29 is 4.42 Å². The highest BCUT2D eigenvalue weighted by molar-refractivity contribution is 6.23. The van der Waals surface area contributed by atoms with Gasteiger partial charge in [0.25, 0.3) is 0 Å². The van der Waals surface area contributed by atoms with Gasteiger partial charge in [0.1, 0.15) is 11.2 Å². The number of rotatable bonds is 5. The molecule has 2 nitrogen and oxygen atoms in total. The topological polar surface area (TPSA) is 16.4 Å². The van der Waals surface area contributed by atoms with Gasteiger partial charge < -0.3 is 9.32 Å². The lowest BCUT2D eigenvalue weighted by Gasteiger charge is -2.27. The normalized spacial score (nSPS) is 11.7. The molecule has 0 radical (unpaired) electrons. The maximum Gasteiger partial charge on any atom is 0.145 e. The van der Waals surface area contributed by atoms with Crippen molar-refractivity contribution in [2.75, 3.05) is 4.90 Å². The molecule has 0 N–H and O–H groups in total. The first kappa shape index (κ1) is 30.5. The minimum atomic E-state index is 0.897. The Morgan fingerprint density at radius 1 is 0.333 bits per heavy atom. The number of benzene rings is 10. The average molecular weight is 688 g/mol. The molecule has 10 aromatic carbocycles. The minimum Gasteiger partial charge on any atom is -0.455 e. The van der Waals surface area contributed by atoms with Crippen LogP contribution in [0.1, 0.15) is 0 Å². The number of nitrogens with zero attached hydrogens (tertiary/aromatic N) is 1. The van der Waals surface area contributed by atoms with Gasteiger partial charge in [0.05, 0.1) is 5.69 Å². The molecule has 0 aliphatic carbocycles. The molecule has 2 heteroatoms. The van der Waals surface area contributed by atoms with E-state index in [4.69, 9.17) is 4.42 Å². The van der Waals surface area contributed by atoms with E-state index in [1.165, 1.54) is 54.6 Å². The Labute approximate surface area is 312 Å². The average Bonchev–Trinajstić information content (AvgIpc) is 3.63. The molecule has 11 rings (SSSR count). The summed E-state index contributed by atoms with van der Waals surface area (Å²) < 4.78 is 6.66. The standard InChI is InChI=1S/C52H33NO/c1-2-11-34(12-3-1)35-23-28-40(29-24-35)53(48-19-10-14-38-27-32-46-44-17-8-9-20-49(44)54-52(46)51(38)48)41-30-25-37(26-31-41)47-33-39-22-21-36-13-4-5-15-42(36)50(39)45-18-7-6-16-43(45)47/h1-33H. The Bertz CT molecular complexity index is 3190. The Balaban J connectivity index is 1.11. The van der Waals surface area contributed by atoms with E-state index < -0.39 is 0 Å². The number of hydrogen-bond acceptors (Lipinski definition) is 2. The molecule has 0 fully saturated rings. The van der Waals surface area contributed by atoms with E-state index in [0.29, 0.717) is 0 Å². The van der Waals surface area contributed by atoms with E-state index in [2.05, 4.69) is 199 Å². The summed E-state index contributed by atoms with van der Waals surface area (Å²) in [5.74, 6) is 0. The van der Waals surface area contributed by atoms with Gasteiger partial charge in [-0.25, -0.2) is 0 Å². The van der Waals surface area contributed by atoms with Crippen LogP contribution < -0.4 is 4.90 Å². The van der Waals surface area contributed by atoms with Crippen LogP contribution in [0.25, 0.3) is 87.3 Å². The molecule has 0 unspecified atom stereocenters. The van der Waals surface area contributed by atoms with Gasteiger partial charge in [-0.1, -0.05) is 152 Å². The van der Waals surface area contributed by atoms with Gasteiger partial charge in [-0.3, -0.25) is 0 Å². The van der Waals surface area contributed by atoms with Crippen LogP contribution in [-0.2, 0) is 0 Å². The molecule has 0 atom stereocenters. The fraction of sp³-hybridized carbons (Fsp3) is 0. The molecule has 0 spiro atoms. The molecule has 54 heavy (non-hydrogen) atoms. The molecule has 0 aliphatic heterocycles. The van der Waals surface area contributed by atoms with Gasteiger partial charge >= 0.3 is 0 Å². The molecule has 0 bridgehead atoms. The highest BCUT2D eigenvalue weighted by atomic mass is 16.3. The monoisotopic (exact) mass is 687 g/mol. The highest BCUT2D eigenvalue weighted by Gasteiger charge is 2.20. The zero-order chi connectivity index (χ0) is 35.6. The summed E-state index contributed by atoms with van der Waals surface area (Å²) in [5.41, 5.74) is 9.81. The van der Waals surface area contributed by atoms with E-state index in [1.807, 2.05) is 6.07 Å². The van der Waals surface area contributed by atoms with E-state index in [-0.39, 0.29) is 0 Å². The van der Waals surface area contributed by atoms with Gasteiger partial charge in [-0.05, 0) is 108 Å². The summed E-state index contributed by atoms with van der Waals surface area (Å²) in [7, 11) is 0. The second-order valence-electron chi connectivity index (χ2n) is 14.1. The molecule has 0 aliphatic rings. The van der Waals surface area contributed by atoms with Crippen LogP contribution in [-0.4, -0.2) is 0 Å². The molecular formula is C52H33NO. The van der Waals surface area contributed by atoms with Crippen LogP contribution in [0.15, 0.2) is 205 Å². The van der Waals surface area contributed by atoms with Crippen LogP contribution in [0.4, 0.5) is 17.1 Å². The number of anilines is 3. The van der Waals surface area contributed by atoms with Crippen molar-refractivity contribution in [1.82, 2.24) is 0 Å². The second-order valence-corrected chi connectivity index (χ2v) is 14.1. The molecule has 11 aromatic rings. The lowest BCUT2D eigenvalue weighted by molar-refractivity contribution is 0.672. The first-order valence-electron chi connectivity index (χ1n) is 18.5. The SMILES string of the molecule is c1ccc(-c2ccc(N(c3ccc(-c4cc5ccc6ccccc6c5c5ccccc45)cc3)c3cccc4ccc5c6ccccc6oc5c34)cc2)cc1. The smallest absolute Gasteiger partial charge is 0.145 e. The summed E-state index contributed by atoms with van der Waals surface area (Å²) in [4.78, 5) is 2.37. The first-order chi connectivity index (χ1) is 26.8. The quantitative estimate of drug-likeness (QED) is 0.168. The molecule has 1 heterocycles. The van der Waals surface area contributed by atoms with Crippen molar-refractivity contribution in [2.45, 2.75) is 0 Å². The van der Waals surface area contributed by atoms with Crippen LogP contribution in [0.3, 0.4) is 0 Å². The second kappa shape index (κ2) is 12.2. The number of hydrogen-bond donors (Lipinski definition) is 0. The van der Waals surface area contributed by atoms with E-state index in [1.54, 1.807) is 0 Å². The van der Waals surface area contributed by atoms with Crippen LogP contribution in [0.2, 0.25) is 0 Å². The third kappa shape index (κ3) is 4.81. The van der Waals surface area contributed by atoms with Crippen molar-refractivity contribution in [2.24, 2.45) is 0 Å². The number of para-hydroxylation sites is 1. The molecule has 0 amide bonds. The fourth-order valence-electron chi connectivity index (χ4n) is 8.49. The van der Waals surface area contributed by atoms with Gasteiger partial charge in [-0.15, -0.1) is 0 Å². The van der Waals surface area contributed by atoms with Gasteiger partial charge in [0.2, 0.25) is 0 Å². The van der Waals surface area contributed by atoms with Gasteiger partial charge in [0, 0.05) is 27.5 Å². The fourth-order valence-corrected chi connectivity index (χ4v) is 8.49. The van der Waals surface area contributed by atoms with E-state index >= 15 is 0 Å². The summed E-state index contributed by atoms with van der Waals surface area (Å²) >= 11 is 0. The van der Waals surface area contributed by atoms with Crippen LogP contribution >= 0.6 is 0 Å². The number of furan rings is 1. The van der Waals surface area contributed by atoms with Crippen LogP contribution in [0.5, 0.6) is 0 Å². The third-order valence-electron chi connectivity index (χ3n) is 11.0. The van der Waals surface area contributed by atoms with E-state index in [9.17, 15) is 0 Å². The molecule has 252 valence electrons. The Morgan fingerprint density at radius 3 is 1.72 bits per heavy atom. The van der Waals surface area contributed by atoms with E-state index in [0.717, 1.165) is 49.8 Å². The van der Waals surface area contributed by atoms with Crippen LogP contribution in [0, 0.1) is 0 Å². The predicted molar refractivity (Wildman–Crippen MR) is 229 cm³/mol. The van der Waals surface area contributed by atoms with Gasteiger partial charge in [0.15, 0.2) is 0 Å². The minimum absolute atomic E-state index is 0.897. The van der Waals surface area contributed by atoms with Crippen molar-refractivity contribution in [3.05, 3.63) is 200 Å². The largest absolute Gasteiger partial charge is 0.455 e. The zero-order valence-electron chi connectivity index (χ0n) is 29.4. The lowest BCUT2D eigenvalue weighted by atomic mass is 9.90. The van der Waals surface area contributed by atoms with Gasteiger partial charge in [-0.2, -0.15) is 0 Å². The predicted octanol–water partition coefficient (Wildman–Crippen LogP) is 15.0. The molecule has 1 aromatic heterocycles. The third-order valence-corrected chi connectivity index (χ3v) is 11.0. The maximum absolute atomic E-state index is 6.66. The number of fused-ring (bicyclic) bond motifs is 10. The van der Waals surface area contributed by atoms with Crippen molar-refractivity contribution in [1.29, 1.82) is 0 Å². The summed E-state index contributed by atoms with van der Waals surface area (Å²) in [6.45, 7) is 0. The maximum atomic E-state index is 6.66. The molecule has 0 saturated carbocycles. The lowest BCUT2D eigenvalue weighted by Crippen LogP contribution is -2.10. The first-order valence-corrected chi connectivity index (χ1v) is 18.5. The van der Waals surface area contributed by atoms with Crippen molar-refractivity contribution >= 4 is 82.1 Å². The Hall–Kier alpha value is -7.16. The molecule has 0 saturated heterocycles. The Kier molecular flexibility index (Phi) is 6.90. The van der Waals surface area contributed by atoms with Crippen molar-refractivity contribution in [3.8, 4) is 22.3 Å². The molecular weight excluding hydrogens is 655 g/mol. The highest BCUT2D eigenvalue weighted by Crippen LogP contribution is 2.45. The summed E-state index contributed by atoms with van der Waals surface area (Å²) in [5, 5.41) is 12.1. The summed E-state index contributed by atoms with van der Waals surface area (Å²) in [6, 6.07) is 72.2. The zero-order valence-corrected chi connectivity index (χ0v) is 29.4.